The third-order valence-electron chi connectivity index (χ3n) is 5.79. The lowest BCUT2D eigenvalue weighted by molar-refractivity contribution is -0.138. The first-order chi connectivity index (χ1) is 16.6. The van der Waals surface area contributed by atoms with Crippen molar-refractivity contribution in [2.75, 3.05) is 25.0 Å². The lowest BCUT2D eigenvalue weighted by Crippen LogP contribution is -2.55. The Morgan fingerprint density at radius 1 is 1.34 bits per heavy atom. The molecule has 0 saturated carbocycles. The van der Waals surface area contributed by atoms with Gasteiger partial charge in [-0.1, -0.05) is 17.7 Å². The molecular formula is C20H21ClN6O5S3. The molecule has 5 heterocycles. The fourth-order valence-corrected chi connectivity index (χ4v) is 7.58. The van der Waals surface area contributed by atoms with E-state index >= 15 is 0 Å². The largest absolute Gasteiger partial charge is 0.392 e. The maximum atomic E-state index is 13.2. The zero-order chi connectivity index (χ0) is 24.9. The van der Waals surface area contributed by atoms with Crippen molar-refractivity contribution in [3.63, 3.8) is 0 Å². The first-order valence-corrected chi connectivity index (χ1v) is 14.1. The number of aliphatic hydroxyl groups excluding tert-OH is 1. The number of carbonyl (C=O) groups is 2. The zero-order valence-corrected chi connectivity index (χ0v) is 21.6. The van der Waals surface area contributed by atoms with E-state index in [1.165, 1.54) is 22.7 Å². The van der Waals surface area contributed by atoms with Gasteiger partial charge in [0, 0.05) is 25.0 Å². The van der Waals surface area contributed by atoms with Gasteiger partial charge in [0.15, 0.2) is 5.82 Å². The number of aliphatic hydroxyl groups is 1. The molecule has 11 nitrogen and oxygen atoms in total. The van der Waals surface area contributed by atoms with Crippen molar-refractivity contribution in [3.8, 4) is 0 Å². The number of rotatable bonds is 7. The second-order valence-corrected chi connectivity index (χ2v) is 12.8. The maximum absolute atomic E-state index is 13.2. The third-order valence-corrected chi connectivity index (χ3v) is 9.80. The van der Waals surface area contributed by atoms with Crippen LogP contribution in [0.3, 0.4) is 0 Å². The van der Waals surface area contributed by atoms with Gasteiger partial charge in [-0.25, -0.2) is 4.31 Å². The number of carbonyl (C=O) groups excluding carboxylic acids is 2. The van der Waals surface area contributed by atoms with Gasteiger partial charge in [-0.15, -0.1) is 27.8 Å². The average Bonchev–Trinajstić information content (AvgIpc) is 3.58. The first-order valence-electron chi connectivity index (χ1n) is 10.7. The highest BCUT2D eigenvalue weighted by molar-refractivity contribution is 7.87. The lowest BCUT2D eigenvalue weighted by atomic mass is 10.1. The van der Waals surface area contributed by atoms with E-state index in [0.29, 0.717) is 22.2 Å². The summed E-state index contributed by atoms with van der Waals surface area (Å²) in [6.45, 7) is 0.440. The molecule has 2 atom stereocenters. The van der Waals surface area contributed by atoms with Gasteiger partial charge in [-0.05, 0) is 30.0 Å². The highest BCUT2D eigenvalue weighted by Gasteiger charge is 2.51. The Kier molecular flexibility index (Phi) is 6.44. The van der Waals surface area contributed by atoms with E-state index in [1.807, 2.05) is 6.07 Å². The summed E-state index contributed by atoms with van der Waals surface area (Å²) < 4.78 is 29.8. The summed E-state index contributed by atoms with van der Waals surface area (Å²) in [5.41, 5.74) is 0. The summed E-state index contributed by atoms with van der Waals surface area (Å²) in [5.74, 6) is -0.715. The van der Waals surface area contributed by atoms with Crippen LogP contribution in [0, 0.1) is 0 Å². The Hall–Kier alpha value is -2.36. The molecule has 186 valence electrons. The molecule has 0 aliphatic carbocycles. The predicted molar refractivity (Wildman–Crippen MR) is 131 cm³/mol. The normalized spacial score (nSPS) is 20.9. The minimum absolute atomic E-state index is 0.0592. The highest BCUT2D eigenvalue weighted by Crippen LogP contribution is 2.38. The van der Waals surface area contributed by atoms with Crippen LogP contribution in [0.5, 0.6) is 0 Å². The number of β-amino-alcohol motifs (C(OH)–C–C–N with tert-alkyl or cyclic N) is 1. The van der Waals surface area contributed by atoms with Crippen LogP contribution in [0.2, 0.25) is 4.34 Å². The second-order valence-electron chi connectivity index (χ2n) is 8.24. The van der Waals surface area contributed by atoms with Crippen LogP contribution in [-0.4, -0.2) is 75.0 Å². The predicted octanol–water partition coefficient (Wildman–Crippen LogP) is 1.96. The maximum Gasteiger partial charge on any atom is 0.307 e. The van der Waals surface area contributed by atoms with Gasteiger partial charge < -0.3 is 10.0 Å². The van der Waals surface area contributed by atoms with Crippen molar-refractivity contribution in [3.05, 3.63) is 49.6 Å². The summed E-state index contributed by atoms with van der Waals surface area (Å²) >= 11 is 8.69. The molecule has 3 aromatic heterocycles. The van der Waals surface area contributed by atoms with Gasteiger partial charge in [-0.3, -0.25) is 9.59 Å². The van der Waals surface area contributed by atoms with Gasteiger partial charge in [0.1, 0.15) is 6.04 Å². The number of halogens is 1. The van der Waals surface area contributed by atoms with Crippen molar-refractivity contribution >= 4 is 62.2 Å². The number of β-lactam (4-membered cyclic amide) rings is 1. The summed E-state index contributed by atoms with van der Waals surface area (Å²) in [5, 5.41) is 15.9. The van der Waals surface area contributed by atoms with Crippen molar-refractivity contribution in [2.45, 2.75) is 31.5 Å². The van der Waals surface area contributed by atoms with E-state index in [-0.39, 0.29) is 31.3 Å². The Morgan fingerprint density at radius 3 is 2.74 bits per heavy atom. The Labute approximate surface area is 214 Å². The fraction of sp³-hybridized carbons (Fsp3) is 0.400. The van der Waals surface area contributed by atoms with Crippen molar-refractivity contribution in [1.82, 2.24) is 23.4 Å². The van der Waals surface area contributed by atoms with Crippen LogP contribution in [0.1, 0.15) is 39.3 Å². The van der Waals surface area contributed by atoms with Gasteiger partial charge in [0.25, 0.3) is 5.91 Å². The van der Waals surface area contributed by atoms with Crippen LogP contribution < -0.4 is 4.90 Å². The monoisotopic (exact) mass is 556 g/mol. The zero-order valence-electron chi connectivity index (χ0n) is 18.4. The molecule has 1 amide bonds. The van der Waals surface area contributed by atoms with E-state index in [0.717, 1.165) is 18.2 Å². The van der Waals surface area contributed by atoms with E-state index in [9.17, 15) is 23.1 Å². The molecule has 0 bridgehead atoms. The number of thiophene rings is 2. The standard InChI is InChI=1S/C20H21ClN6O5S3/c1-24(11-13-4-5-16(21)34-13)20-22-18(23-26(20)19(30)15-3-2-8-33-15)14-9-17(29)27(14)35(31,32)25-7-6-12(28)10-25/h2-5,8,12,14,28H,6-7,9-11H2,1H3. The number of hydrogen-bond donors (Lipinski definition) is 1. The van der Waals surface area contributed by atoms with E-state index in [4.69, 9.17) is 11.6 Å². The quantitative estimate of drug-likeness (QED) is 0.437. The minimum atomic E-state index is -4.16. The van der Waals surface area contributed by atoms with Crippen LogP contribution in [-0.2, 0) is 21.5 Å². The molecule has 2 aliphatic heterocycles. The molecule has 15 heteroatoms. The number of anilines is 1. The average molecular weight is 557 g/mol. The Morgan fingerprint density at radius 2 is 2.14 bits per heavy atom. The lowest BCUT2D eigenvalue weighted by Gasteiger charge is -2.39. The van der Waals surface area contributed by atoms with E-state index in [1.54, 1.807) is 35.5 Å². The topological polar surface area (TPSA) is 129 Å². The summed E-state index contributed by atoms with van der Waals surface area (Å²) in [4.78, 5) is 33.2. The Balaban J connectivity index is 1.49. The summed E-state index contributed by atoms with van der Waals surface area (Å²) in [6, 6.07) is 6.12. The van der Waals surface area contributed by atoms with Crippen molar-refractivity contribution in [1.29, 1.82) is 0 Å². The van der Waals surface area contributed by atoms with Gasteiger partial charge in [-0.2, -0.15) is 22.4 Å². The minimum Gasteiger partial charge on any atom is -0.392 e. The van der Waals surface area contributed by atoms with Crippen molar-refractivity contribution < 1.29 is 23.1 Å². The van der Waals surface area contributed by atoms with Crippen LogP contribution in [0.25, 0.3) is 0 Å². The molecule has 35 heavy (non-hydrogen) atoms. The van der Waals surface area contributed by atoms with Crippen LogP contribution in [0.4, 0.5) is 5.95 Å². The molecule has 0 aromatic carbocycles. The fourth-order valence-electron chi connectivity index (χ4n) is 4.02. The molecular weight excluding hydrogens is 536 g/mol. The number of aromatic nitrogens is 3. The number of nitrogens with zero attached hydrogens (tertiary/aromatic N) is 6. The molecule has 5 rings (SSSR count). The molecule has 1 N–H and O–H groups in total. The molecule has 0 spiro atoms. The molecule has 2 saturated heterocycles. The van der Waals surface area contributed by atoms with Crippen LogP contribution in [0.15, 0.2) is 29.6 Å². The molecule has 2 unspecified atom stereocenters. The SMILES string of the molecule is CN(Cc1ccc(Cl)s1)c1nc(C2CC(=O)N2S(=O)(=O)N2CCC(O)C2)nn1C(=O)c1cccs1. The van der Waals surface area contributed by atoms with E-state index < -0.39 is 34.2 Å². The molecule has 0 radical (unpaired) electrons. The number of amides is 1. The smallest absolute Gasteiger partial charge is 0.307 e. The first kappa shape index (κ1) is 24.3. The second kappa shape index (κ2) is 9.26. The molecule has 2 fully saturated rings. The highest BCUT2D eigenvalue weighted by atomic mass is 35.5. The number of hydrogen-bond acceptors (Lipinski definition) is 10. The van der Waals surface area contributed by atoms with Crippen LogP contribution >= 0.6 is 34.3 Å². The van der Waals surface area contributed by atoms with E-state index in [2.05, 4.69) is 10.1 Å². The Bertz CT molecular complexity index is 1370. The van der Waals surface area contributed by atoms with Gasteiger partial charge in [0.2, 0.25) is 11.9 Å². The summed E-state index contributed by atoms with van der Waals surface area (Å²) in [7, 11) is -2.41. The van der Waals surface area contributed by atoms with Gasteiger partial charge in [0.05, 0.1) is 28.3 Å². The summed E-state index contributed by atoms with van der Waals surface area (Å²) in [6.07, 6.45) is -0.571. The third kappa shape index (κ3) is 4.49. The molecule has 3 aromatic rings. The molecule has 2 aliphatic rings. The van der Waals surface area contributed by atoms with Crippen molar-refractivity contribution in [2.24, 2.45) is 0 Å². The van der Waals surface area contributed by atoms with Gasteiger partial charge >= 0.3 is 10.2 Å².